The number of pyridine rings is 1. The van der Waals surface area contributed by atoms with Gasteiger partial charge in [-0.25, -0.2) is 9.78 Å². The zero-order chi connectivity index (χ0) is 13.6. The van der Waals surface area contributed by atoms with Crippen LogP contribution in [-0.2, 0) is 7.05 Å². The van der Waals surface area contributed by atoms with Gasteiger partial charge < -0.3 is 10.0 Å². The molecule has 6 nitrogen and oxygen atoms in total. The summed E-state index contributed by atoms with van der Waals surface area (Å²) in [6.07, 6.45) is 5.57. The van der Waals surface area contributed by atoms with Crippen LogP contribution in [0.1, 0.15) is 23.2 Å². The second kappa shape index (κ2) is 4.22. The Hall–Kier alpha value is -2.11. The Balaban J connectivity index is 2.15. The maximum atomic E-state index is 11.4. The minimum absolute atomic E-state index is 0.239. The first-order valence-electron chi connectivity index (χ1n) is 6.33. The summed E-state index contributed by atoms with van der Waals surface area (Å²) in [7, 11) is 3.74. The molecule has 1 aliphatic carbocycles. The number of aryl methyl sites for hydroxylation is 1. The van der Waals surface area contributed by atoms with Crippen molar-refractivity contribution in [2.75, 3.05) is 18.5 Å². The van der Waals surface area contributed by atoms with Gasteiger partial charge >= 0.3 is 5.97 Å². The molecule has 0 atom stereocenters. The van der Waals surface area contributed by atoms with Gasteiger partial charge in [0.1, 0.15) is 5.56 Å². The van der Waals surface area contributed by atoms with E-state index in [1.165, 1.54) is 19.0 Å². The second-order valence-corrected chi connectivity index (χ2v) is 5.15. The highest BCUT2D eigenvalue weighted by Gasteiger charge is 2.26. The van der Waals surface area contributed by atoms with E-state index in [2.05, 4.69) is 10.1 Å². The standard InChI is InChI=1S/C13H16N4O2/c1-16(7-8-3-4-8)11-9-6-15-17(2)12(9)14-5-10(11)13(18)19/h5-6,8H,3-4,7H2,1-2H3,(H,18,19). The number of carboxylic acid groups (broad SMARTS) is 1. The Bertz CT molecular complexity index is 645. The van der Waals surface area contributed by atoms with Gasteiger partial charge in [0.25, 0.3) is 0 Å². The normalized spacial score (nSPS) is 14.8. The first-order chi connectivity index (χ1) is 9.08. The predicted molar refractivity (Wildman–Crippen MR) is 71.5 cm³/mol. The Morgan fingerprint density at radius 3 is 2.89 bits per heavy atom. The summed E-state index contributed by atoms with van der Waals surface area (Å²) in [6.45, 7) is 0.883. The van der Waals surface area contributed by atoms with Gasteiger partial charge in [-0.2, -0.15) is 5.10 Å². The van der Waals surface area contributed by atoms with Gasteiger partial charge in [-0.3, -0.25) is 4.68 Å². The molecule has 19 heavy (non-hydrogen) atoms. The smallest absolute Gasteiger partial charge is 0.339 e. The lowest BCUT2D eigenvalue weighted by Gasteiger charge is -2.21. The molecule has 3 rings (SSSR count). The first kappa shape index (κ1) is 12.0. The number of aromatic nitrogens is 3. The number of hydrogen-bond donors (Lipinski definition) is 1. The monoisotopic (exact) mass is 260 g/mol. The fourth-order valence-electron chi connectivity index (χ4n) is 2.43. The molecule has 0 aliphatic heterocycles. The van der Waals surface area contributed by atoms with E-state index in [4.69, 9.17) is 0 Å². The van der Waals surface area contributed by atoms with Crippen LogP contribution in [0.15, 0.2) is 12.4 Å². The number of rotatable bonds is 4. The van der Waals surface area contributed by atoms with Crippen molar-refractivity contribution in [2.45, 2.75) is 12.8 Å². The van der Waals surface area contributed by atoms with E-state index < -0.39 is 5.97 Å². The van der Waals surface area contributed by atoms with E-state index in [1.54, 1.807) is 17.9 Å². The van der Waals surface area contributed by atoms with Crippen LogP contribution in [0.4, 0.5) is 5.69 Å². The zero-order valence-electron chi connectivity index (χ0n) is 11.0. The number of aromatic carboxylic acids is 1. The Morgan fingerprint density at radius 2 is 2.26 bits per heavy atom. The molecule has 0 radical (unpaired) electrons. The zero-order valence-corrected chi connectivity index (χ0v) is 11.0. The minimum atomic E-state index is -0.948. The summed E-state index contributed by atoms with van der Waals surface area (Å²) < 4.78 is 1.66. The van der Waals surface area contributed by atoms with Crippen molar-refractivity contribution < 1.29 is 9.90 Å². The van der Waals surface area contributed by atoms with E-state index in [0.717, 1.165) is 17.6 Å². The minimum Gasteiger partial charge on any atom is -0.478 e. The lowest BCUT2D eigenvalue weighted by atomic mass is 10.1. The van der Waals surface area contributed by atoms with Crippen molar-refractivity contribution >= 4 is 22.7 Å². The quantitative estimate of drug-likeness (QED) is 0.902. The van der Waals surface area contributed by atoms with Gasteiger partial charge in [-0.1, -0.05) is 0 Å². The third-order valence-corrected chi connectivity index (χ3v) is 3.57. The highest BCUT2D eigenvalue weighted by molar-refractivity contribution is 6.03. The molecule has 100 valence electrons. The number of hydrogen-bond acceptors (Lipinski definition) is 4. The van der Waals surface area contributed by atoms with Crippen molar-refractivity contribution in [3.63, 3.8) is 0 Å². The van der Waals surface area contributed by atoms with E-state index in [0.29, 0.717) is 11.6 Å². The van der Waals surface area contributed by atoms with Crippen molar-refractivity contribution in [1.82, 2.24) is 14.8 Å². The van der Waals surface area contributed by atoms with Crippen LogP contribution in [0.3, 0.4) is 0 Å². The second-order valence-electron chi connectivity index (χ2n) is 5.15. The SMILES string of the molecule is CN(CC1CC1)c1c(C(=O)O)cnc2c1cnn2C. The number of carboxylic acids is 1. The third-order valence-electron chi connectivity index (χ3n) is 3.57. The summed E-state index contributed by atoms with van der Waals surface area (Å²) in [5.74, 6) is -0.262. The maximum Gasteiger partial charge on any atom is 0.339 e. The van der Waals surface area contributed by atoms with E-state index >= 15 is 0 Å². The van der Waals surface area contributed by atoms with Gasteiger partial charge in [0.05, 0.1) is 17.3 Å². The fraction of sp³-hybridized carbons (Fsp3) is 0.462. The summed E-state index contributed by atoms with van der Waals surface area (Å²) in [6, 6.07) is 0. The average Bonchev–Trinajstić information content (AvgIpc) is 3.10. The molecule has 0 bridgehead atoms. The molecule has 2 heterocycles. The summed E-state index contributed by atoms with van der Waals surface area (Å²) in [5.41, 5.74) is 1.67. The van der Waals surface area contributed by atoms with Gasteiger partial charge in [-0.15, -0.1) is 0 Å². The molecule has 2 aromatic heterocycles. The molecular weight excluding hydrogens is 244 g/mol. The molecular formula is C13H16N4O2. The van der Waals surface area contributed by atoms with Gasteiger partial charge in [0, 0.05) is 26.8 Å². The highest BCUT2D eigenvalue weighted by atomic mass is 16.4. The number of carbonyl (C=O) groups is 1. The molecule has 6 heteroatoms. The van der Waals surface area contributed by atoms with E-state index in [9.17, 15) is 9.90 Å². The van der Waals surface area contributed by atoms with Gasteiger partial charge in [0.15, 0.2) is 5.65 Å². The first-order valence-corrected chi connectivity index (χ1v) is 6.33. The Labute approximate surface area is 110 Å². The Morgan fingerprint density at radius 1 is 1.53 bits per heavy atom. The lowest BCUT2D eigenvalue weighted by Crippen LogP contribution is -2.23. The lowest BCUT2D eigenvalue weighted by molar-refractivity contribution is 0.0697. The number of nitrogens with zero attached hydrogens (tertiary/aromatic N) is 4. The van der Waals surface area contributed by atoms with Crippen LogP contribution in [0.2, 0.25) is 0 Å². The molecule has 0 saturated heterocycles. The third kappa shape index (κ3) is 2.03. The van der Waals surface area contributed by atoms with Crippen LogP contribution in [0.25, 0.3) is 11.0 Å². The molecule has 0 unspecified atom stereocenters. The fourth-order valence-corrected chi connectivity index (χ4v) is 2.43. The van der Waals surface area contributed by atoms with Crippen LogP contribution < -0.4 is 4.90 Å². The number of fused-ring (bicyclic) bond motifs is 1. The molecule has 1 fully saturated rings. The van der Waals surface area contributed by atoms with Crippen LogP contribution >= 0.6 is 0 Å². The van der Waals surface area contributed by atoms with Gasteiger partial charge in [0.2, 0.25) is 0 Å². The largest absolute Gasteiger partial charge is 0.478 e. The Kier molecular flexibility index (Phi) is 2.66. The highest BCUT2D eigenvalue weighted by Crippen LogP contribution is 2.34. The van der Waals surface area contributed by atoms with Crippen molar-refractivity contribution in [3.05, 3.63) is 18.0 Å². The summed E-state index contributed by atoms with van der Waals surface area (Å²) >= 11 is 0. The van der Waals surface area contributed by atoms with E-state index in [-0.39, 0.29) is 5.56 Å². The molecule has 0 spiro atoms. The van der Waals surface area contributed by atoms with Crippen molar-refractivity contribution in [3.8, 4) is 0 Å². The molecule has 0 aromatic carbocycles. The van der Waals surface area contributed by atoms with Crippen LogP contribution in [0.5, 0.6) is 0 Å². The van der Waals surface area contributed by atoms with Crippen LogP contribution in [-0.4, -0.2) is 39.4 Å². The van der Waals surface area contributed by atoms with E-state index in [1.807, 2.05) is 11.9 Å². The molecule has 0 amide bonds. The van der Waals surface area contributed by atoms with Crippen molar-refractivity contribution in [1.29, 1.82) is 0 Å². The maximum absolute atomic E-state index is 11.4. The number of anilines is 1. The van der Waals surface area contributed by atoms with Crippen molar-refractivity contribution in [2.24, 2.45) is 13.0 Å². The molecule has 2 aromatic rings. The molecule has 1 aliphatic rings. The predicted octanol–water partition coefficient (Wildman–Crippen LogP) is 1.51. The summed E-state index contributed by atoms with van der Waals surface area (Å²) in [5, 5.41) is 14.3. The molecule has 1 saturated carbocycles. The van der Waals surface area contributed by atoms with Gasteiger partial charge in [-0.05, 0) is 18.8 Å². The average molecular weight is 260 g/mol. The topological polar surface area (TPSA) is 71.2 Å². The molecule has 1 N–H and O–H groups in total. The van der Waals surface area contributed by atoms with Crippen LogP contribution in [0, 0.1) is 5.92 Å². The summed E-state index contributed by atoms with van der Waals surface area (Å²) in [4.78, 5) is 17.6.